The molecule has 124 valence electrons. The minimum Gasteiger partial charge on any atom is -0.389 e. The molecule has 0 amide bonds. The third kappa shape index (κ3) is 4.45. The molecule has 1 aliphatic rings. The van der Waals surface area contributed by atoms with Gasteiger partial charge in [0, 0.05) is 31.9 Å². The molecule has 1 aromatic rings. The van der Waals surface area contributed by atoms with E-state index in [1.165, 1.54) is 11.3 Å². The highest BCUT2D eigenvalue weighted by atomic mass is 16.5. The fraction of sp³-hybridized carbons (Fsp3) is 0.667. The number of benzene rings is 1. The van der Waals surface area contributed by atoms with Crippen LogP contribution in [-0.2, 0) is 11.3 Å². The third-order valence-electron chi connectivity index (χ3n) is 4.82. The van der Waals surface area contributed by atoms with Gasteiger partial charge in [-0.05, 0) is 24.5 Å². The molecule has 1 saturated heterocycles. The number of hydrogen-bond donors (Lipinski definition) is 2. The Bertz CT molecular complexity index is 456. The highest BCUT2D eigenvalue weighted by Crippen LogP contribution is 2.22. The Morgan fingerprint density at radius 1 is 1.32 bits per heavy atom. The third-order valence-corrected chi connectivity index (χ3v) is 4.82. The van der Waals surface area contributed by atoms with Gasteiger partial charge in [-0.1, -0.05) is 38.5 Å². The summed E-state index contributed by atoms with van der Waals surface area (Å²) >= 11 is 0. The average Bonchev–Trinajstić information content (AvgIpc) is 2.55. The van der Waals surface area contributed by atoms with Gasteiger partial charge in [0.25, 0.3) is 0 Å². The van der Waals surface area contributed by atoms with Gasteiger partial charge in [0.05, 0.1) is 18.8 Å². The minimum absolute atomic E-state index is 0.287. The first-order valence-electron chi connectivity index (χ1n) is 8.38. The van der Waals surface area contributed by atoms with E-state index in [0.29, 0.717) is 6.54 Å². The predicted octanol–water partition coefficient (Wildman–Crippen LogP) is 2.41. The minimum atomic E-state index is -0.664. The van der Waals surface area contributed by atoms with E-state index in [2.05, 4.69) is 48.3 Å². The van der Waals surface area contributed by atoms with Crippen LogP contribution in [-0.4, -0.2) is 43.6 Å². The number of ether oxygens (including phenoxy) is 1. The molecule has 0 aliphatic carbocycles. The lowest BCUT2D eigenvalue weighted by Gasteiger charge is -2.32. The molecule has 4 nitrogen and oxygen atoms in total. The first-order valence-corrected chi connectivity index (χ1v) is 8.38. The predicted molar refractivity (Wildman–Crippen MR) is 91.3 cm³/mol. The molecular formula is C18H30N2O2. The van der Waals surface area contributed by atoms with Crippen LogP contribution in [0.3, 0.4) is 0 Å². The number of aliphatic hydroxyl groups is 1. The lowest BCUT2D eigenvalue weighted by Crippen LogP contribution is -2.43. The van der Waals surface area contributed by atoms with Crippen LogP contribution in [0.5, 0.6) is 0 Å². The van der Waals surface area contributed by atoms with E-state index in [1.807, 2.05) is 6.92 Å². The van der Waals surface area contributed by atoms with E-state index in [-0.39, 0.29) is 5.92 Å². The van der Waals surface area contributed by atoms with Gasteiger partial charge in [-0.25, -0.2) is 0 Å². The van der Waals surface area contributed by atoms with Crippen molar-refractivity contribution in [1.82, 2.24) is 5.32 Å². The maximum atomic E-state index is 10.5. The number of hydrogen-bond acceptors (Lipinski definition) is 4. The molecule has 1 aliphatic heterocycles. The van der Waals surface area contributed by atoms with Crippen LogP contribution in [0.1, 0.15) is 32.8 Å². The summed E-state index contributed by atoms with van der Waals surface area (Å²) in [5.74, 6) is 0.287. The highest BCUT2D eigenvalue weighted by molar-refractivity contribution is 5.53. The zero-order chi connectivity index (χ0) is 16.0. The summed E-state index contributed by atoms with van der Waals surface area (Å²) in [4.78, 5) is 2.38. The molecule has 2 rings (SSSR count). The van der Waals surface area contributed by atoms with Crippen LogP contribution in [0.25, 0.3) is 0 Å². The molecule has 0 bridgehead atoms. The van der Waals surface area contributed by atoms with Crippen LogP contribution < -0.4 is 10.2 Å². The Labute approximate surface area is 134 Å². The van der Waals surface area contributed by atoms with Crippen LogP contribution in [0.2, 0.25) is 0 Å². The van der Waals surface area contributed by atoms with Crippen LogP contribution >= 0.6 is 0 Å². The standard InChI is InChI=1S/C18H30N2O2/c1-4-15(2)18(3,21)14-19-13-16-7-5-6-8-17(16)20-9-11-22-12-10-20/h5-8,15,19,21H,4,9-14H2,1-3H3. The molecule has 1 heterocycles. The fourth-order valence-electron chi connectivity index (χ4n) is 2.84. The normalized spacial score (nSPS) is 19.7. The van der Waals surface area contributed by atoms with Gasteiger partial charge in [-0.2, -0.15) is 0 Å². The molecular weight excluding hydrogens is 276 g/mol. The van der Waals surface area contributed by atoms with Gasteiger partial charge in [-0.3, -0.25) is 0 Å². The fourth-order valence-corrected chi connectivity index (χ4v) is 2.84. The van der Waals surface area contributed by atoms with Crippen molar-refractivity contribution in [2.75, 3.05) is 37.7 Å². The van der Waals surface area contributed by atoms with Crippen LogP contribution in [0, 0.1) is 5.92 Å². The largest absolute Gasteiger partial charge is 0.389 e. The van der Waals surface area contributed by atoms with Gasteiger partial charge in [0.1, 0.15) is 0 Å². The molecule has 2 unspecified atom stereocenters. The average molecular weight is 306 g/mol. The molecule has 2 N–H and O–H groups in total. The first-order chi connectivity index (χ1) is 10.5. The Balaban J connectivity index is 1.95. The number of nitrogens with one attached hydrogen (secondary N) is 1. The van der Waals surface area contributed by atoms with Gasteiger partial charge in [-0.15, -0.1) is 0 Å². The molecule has 2 atom stereocenters. The van der Waals surface area contributed by atoms with Crippen molar-refractivity contribution in [2.45, 2.75) is 39.3 Å². The van der Waals surface area contributed by atoms with E-state index in [1.54, 1.807) is 0 Å². The Morgan fingerprint density at radius 3 is 2.68 bits per heavy atom. The maximum absolute atomic E-state index is 10.5. The molecule has 1 aromatic carbocycles. The topological polar surface area (TPSA) is 44.7 Å². The van der Waals surface area contributed by atoms with Crippen molar-refractivity contribution in [3.8, 4) is 0 Å². The molecule has 0 radical (unpaired) electrons. The van der Waals surface area contributed by atoms with Crippen molar-refractivity contribution in [2.24, 2.45) is 5.92 Å². The van der Waals surface area contributed by atoms with Gasteiger partial charge in [0.15, 0.2) is 0 Å². The summed E-state index contributed by atoms with van der Waals surface area (Å²) in [5, 5.41) is 13.9. The maximum Gasteiger partial charge on any atom is 0.0768 e. The summed E-state index contributed by atoms with van der Waals surface area (Å²) in [5.41, 5.74) is 1.90. The highest BCUT2D eigenvalue weighted by Gasteiger charge is 2.26. The number of rotatable bonds is 7. The van der Waals surface area contributed by atoms with Gasteiger partial charge >= 0.3 is 0 Å². The van der Waals surface area contributed by atoms with E-state index in [9.17, 15) is 5.11 Å². The Kier molecular flexibility index (Phi) is 6.24. The molecule has 22 heavy (non-hydrogen) atoms. The molecule has 0 aromatic heterocycles. The van der Waals surface area contributed by atoms with E-state index >= 15 is 0 Å². The zero-order valence-corrected chi connectivity index (χ0v) is 14.1. The summed E-state index contributed by atoms with van der Waals surface area (Å²) < 4.78 is 5.44. The number of morpholine rings is 1. The smallest absolute Gasteiger partial charge is 0.0768 e. The van der Waals surface area contributed by atoms with Gasteiger partial charge < -0.3 is 20.1 Å². The lowest BCUT2D eigenvalue weighted by molar-refractivity contribution is 0.00535. The van der Waals surface area contributed by atoms with Crippen molar-refractivity contribution in [3.63, 3.8) is 0 Å². The van der Waals surface area contributed by atoms with Gasteiger partial charge in [0.2, 0.25) is 0 Å². The Morgan fingerprint density at radius 2 is 2.00 bits per heavy atom. The molecule has 0 spiro atoms. The van der Waals surface area contributed by atoms with Crippen molar-refractivity contribution >= 4 is 5.69 Å². The second kappa shape index (κ2) is 7.95. The molecule has 1 fully saturated rings. The van der Waals surface area contributed by atoms with Crippen molar-refractivity contribution in [1.29, 1.82) is 0 Å². The second-order valence-electron chi connectivity index (χ2n) is 6.50. The van der Waals surface area contributed by atoms with Crippen LogP contribution in [0.15, 0.2) is 24.3 Å². The lowest BCUT2D eigenvalue weighted by atomic mass is 9.88. The zero-order valence-electron chi connectivity index (χ0n) is 14.1. The quantitative estimate of drug-likeness (QED) is 0.812. The Hall–Kier alpha value is -1.10. The van der Waals surface area contributed by atoms with E-state index < -0.39 is 5.60 Å². The van der Waals surface area contributed by atoms with E-state index in [4.69, 9.17) is 4.74 Å². The monoisotopic (exact) mass is 306 g/mol. The summed E-state index contributed by atoms with van der Waals surface area (Å²) in [7, 11) is 0. The molecule has 0 saturated carbocycles. The first kappa shape index (κ1) is 17.3. The summed E-state index contributed by atoms with van der Waals surface area (Å²) in [6.45, 7) is 11.0. The van der Waals surface area contributed by atoms with Crippen LogP contribution in [0.4, 0.5) is 5.69 Å². The number of para-hydroxylation sites is 1. The summed E-state index contributed by atoms with van der Waals surface area (Å²) in [6, 6.07) is 8.50. The van der Waals surface area contributed by atoms with Crippen molar-refractivity contribution < 1.29 is 9.84 Å². The second-order valence-corrected chi connectivity index (χ2v) is 6.50. The van der Waals surface area contributed by atoms with E-state index in [0.717, 1.165) is 39.3 Å². The summed E-state index contributed by atoms with van der Waals surface area (Å²) in [6.07, 6.45) is 0.985. The SMILES string of the molecule is CCC(C)C(C)(O)CNCc1ccccc1N1CCOCC1. The number of nitrogens with zero attached hydrogens (tertiary/aromatic N) is 1. The molecule has 4 heteroatoms. The number of anilines is 1. The van der Waals surface area contributed by atoms with Crippen molar-refractivity contribution in [3.05, 3.63) is 29.8 Å².